The zero-order chi connectivity index (χ0) is 24.9. The summed E-state index contributed by atoms with van der Waals surface area (Å²) < 4.78 is 5.46. The number of anilines is 4. The van der Waals surface area contributed by atoms with E-state index in [-0.39, 0.29) is 11.9 Å². The third kappa shape index (κ3) is 5.18. The van der Waals surface area contributed by atoms with E-state index in [2.05, 4.69) is 48.4 Å². The van der Waals surface area contributed by atoms with Gasteiger partial charge in [0.2, 0.25) is 5.91 Å². The number of carbonyl (C=O) groups is 2. The van der Waals surface area contributed by atoms with E-state index >= 15 is 0 Å². The van der Waals surface area contributed by atoms with E-state index in [4.69, 9.17) is 4.74 Å². The van der Waals surface area contributed by atoms with Crippen molar-refractivity contribution < 1.29 is 14.3 Å². The Bertz CT molecular complexity index is 1390. The number of benzene rings is 2. The smallest absolute Gasteiger partial charge is 0.323 e. The molecule has 10 heteroatoms. The molecule has 0 saturated carbocycles. The molecule has 0 aliphatic carbocycles. The van der Waals surface area contributed by atoms with E-state index in [9.17, 15) is 9.59 Å². The van der Waals surface area contributed by atoms with Crippen LogP contribution in [0.5, 0.6) is 0 Å². The first-order valence-electron chi connectivity index (χ1n) is 11.5. The quantitative estimate of drug-likeness (QED) is 0.304. The average Bonchev–Trinajstić information content (AvgIpc) is 3.35. The molecular formula is C26H25N7O3. The molecule has 2 aromatic heterocycles. The number of ether oxygens (including phenoxy) is 1. The summed E-state index contributed by atoms with van der Waals surface area (Å²) in [4.78, 5) is 38.2. The van der Waals surface area contributed by atoms with Gasteiger partial charge in [0, 0.05) is 35.8 Å². The third-order valence-electron chi connectivity index (χ3n) is 5.76. The number of fused-ring (bicyclic) bond motifs is 1. The van der Waals surface area contributed by atoms with Gasteiger partial charge in [-0.05, 0) is 54.1 Å². The van der Waals surface area contributed by atoms with Crippen molar-refractivity contribution in [3.05, 3.63) is 73.6 Å². The monoisotopic (exact) mass is 483 g/mol. The van der Waals surface area contributed by atoms with Crippen molar-refractivity contribution in [2.45, 2.75) is 0 Å². The number of amides is 3. The SMILES string of the molecule is C=CC(=O)Nc1ccc(NC(=O)Nc2ccc(-c3cc4c(N5CCOCC5)ncnc4[nH]3)cc2)cc1. The van der Waals surface area contributed by atoms with Crippen LogP contribution in [0.1, 0.15) is 0 Å². The fourth-order valence-electron chi connectivity index (χ4n) is 3.97. The van der Waals surface area contributed by atoms with E-state index in [0.717, 1.165) is 41.2 Å². The van der Waals surface area contributed by atoms with E-state index < -0.39 is 0 Å². The van der Waals surface area contributed by atoms with E-state index in [1.54, 1.807) is 30.6 Å². The fourth-order valence-corrected chi connectivity index (χ4v) is 3.97. The molecule has 0 bridgehead atoms. The number of hydrogen-bond acceptors (Lipinski definition) is 6. The van der Waals surface area contributed by atoms with Gasteiger partial charge in [0.1, 0.15) is 17.8 Å². The number of morpholine rings is 1. The molecule has 1 fully saturated rings. The van der Waals surface area contributed by atoms with E-state index in [1.165, 1.54) is 6.08 Å². The van der Waals surface area contributed by atoms with Gasteiger partial charge in [0.25, 0.3) is 0 Å². The van der Waals surface area contributed by atoms with Gasteiger partial charge < -0.3 is 30.6 Å². The van der Waals surface area contributed by atoms with Crippen LogP contribution in [0, 0.1) is 0 Å². The topological polar surface area (TPSA) is 124 Å². The summed E-state index contributed by atoms with van der Waals surface area (Å²) in [5.74, 6) is 0.603. The van der Waals surface area contributed by atoms with Crippen molar-refractivity contribution in [3.63, 3.8) is 0 Å². The van der Waals surface area contributed by atoms with E-state index in [1.807, 2.05) is 24.3 Å². The lowest BCUT2D eigenvalue weighted by atomic mass is 10.1. The maximum Gasteiger partial charge on any atom is 0.323 e. The summed E-state index contributed by atoms with van der Waals surface area (Å²) in [7, 11) is 0. The largest absolute Gasteiger partial charge is 0.378 e. The number of nitrogens with one attached hydrogen (secondary N) is 4. The summed E-state index contributed by atoms with van der Waals surface area (Å²) >= 11 is 0. The van der Waals surface area contributed by atoms with Crippen LogP contribution < -0.4 is 20.9 Å². The number of urea groups is 1. The van der Waals surface area contributed by atoms with Gasteiger partial charge in [-0.3, -0.25) is 4.79 Å². The van der Waals surface area contributed by atoms with Crippen molar-refractivity contribution in [1.82, 2.24) is 15.0 Å². The molecule has 36 heavy (non-hydrogen) atoms. The molecule has 1 saturated heterocycles. The van der Waals surface area contributed by atoms with Crippen molar-refractivity contribution in [2.75, 3.05) is 47.2 Å². The van der Waals surface area contributed by atoms with Gasteiger partial charge in [-0.1, -0.05) is 18.7 Å². The third-order valence-corrected chi connectivity index (χ3v) is 5.76. The molecule has 10 nitrogen and oxygen atoms in total. The molecule has 5 rings (SSSR count). The van der Waals surface area contributed by atoms with Gasteiger partial charge >= 0.3 is 6.03 Å². The second-order valence-corrected chi connectivity index (χ2v) is 8.17. The Balaban J connectivity index is 1.24. The van der Waals surface area contributed by atoms with Crippen LogP contribution in [0.2, 0.25) is 0 Å². The Hall–Kier alpha value is -4.70. The fraction of sp³-hybridized carbons (Fsp3) is 0.154. The van der Waals surface area contributed by atoms with Gasteiger partial charge in [0.15, 0.2) is 0 Å². The number of aromatic amines is 1. The Morgan fingerprint density at radius 3 is 2.17 bits per heavy atom. The molecule has 3 amide bonds. The van der Waals surface area contributed by atoms with Gasteiger partial charge in [-0.2, -0.15) is 0 Å². The average molecular weight is 484 g/mol. The van der Waals surface area contributed by atoms with Gasteiger partial charge in [-0.15, -0.1) is 0 Å². The molecular weight excluding hydrogens is 458 g/mol. The lowest BCUT2D eigenvalue weighted by Crippen LogP contribution is -2.36. The number of hydrogen-bond donors (Lipinski definition) is 4. The Morgan fingerprint density at radius 2 is 1.53 bits per heavy atom. The predicted octanol–water partition coefficient (Wildman–Crippen LogP) is 4.23. The van der Waals surface area contributed by atoms with Crippen LogP contribution in [0.3, 0.4) is 0 Å². The normalized spacial score (nSPS) is 13.3. The van der Waals surface area contributed by atoms with Crippen LogP contribution in [-0.4, -0.2) is 53.2 Å². The van der Waals surface area contributed by atoms with Crippen molar-refractivity contribution in [3.8, 4) is 11.3 Å². The predicted molar refractivity (Wildman–Crippen MR) is 140 cm³/mol. The lowest BCUT2D eigenvalue weighted by Gasteiger charge is -2.27. The summed E-state index contributed by atoms with van der Waals surface area (Å²) in [6.45, 7) is 6.38. The number of nitrogens with zero attached hydrogens (tertiary/aromatic N) is 3. The molecule has 1 aliphatic heterocycles. The highest BCUT2D eigenvalue weighted by Gasteiger charge is 2.17. The second kappa shape index (κ2) is 10.3. The molecule has 2 aromatic carbocycles. The van der Waals surface area contributed by atoms with Crippen LogP contribution in [0.15, 0.2) is 73.6 Å². The van der Waals surface area contributed by atoms with Gasteiger partial charge in [0.05, 0.1) is 18.6 Å². The molecule has 0 atom stereocenters. The first kappa shape index (κ1) is 23.1. The first-order valence-corrected chi connectivity index (χ1v) is 11.5. The van der Waals surface area contributed by atoms with Crippen molar-refractivity contribution in [1.29, 1.82) is 0 Å². The van der Waals surface area contributed by atoms with Crippen molar-refractivity contribution >= 4 is 45.9 Å². The second-order valence-electron chi connectivity index (χ2n) is 8.17. The minimum absolute atomic E-state index is 0.296. The zero-order valence-corrected chi connectivity index (χ0v) is 19.5. The molecule has 0 unspecified atom stereocenters. The minimum Gasteiger partial charge on any atom is -0.378 e. The highest BCUT2D eigenvalue weighted by atomic mass is 16.5. The highest BCUT2D eigenvalue weighted by molar-refractivity contribution is 6.01. The Labute approximate surface area is 207 Å². The zero-order valence-electron chi connectivity index (χ0n) is 19.5. The number of rotatable bonds is 6. The summed E-state index contributed by atoms with van der Waals surface area (Å²) in [5, 5.41) is 9.21. The molecule has 0 radical (unpaired) electrons. The molecule has 1 aliphatic rings. The highest BCUT2D eigenvalue weighted by Crippen LogP contribution is 2.29. The number of H-pyrrole nitrogens is 1. The summed E-state index contributed by atoms with van der Waals surface area (Å²) in [6.07, 6.45) is 2.77. The minimum atomic E-state index is -0.373. The maximum atomic E-state index is 12.4. The molecule has 4 aromatic rings. The molecule has 3 heterocycles. The van der Waals surface area contributed by atoms with Crippen LogP contribution in [0.4, 0.5) is 27.7 Å². The molecule has 4 N–H and O–H groups in total. The first-order chi connectivity index (χ1) is 17.6. The maximum absolute atomic E-state index is 12.4. The van der Waals surface area contributed by atoms with E-state index in [0.29, 0.717) is 30.3 Å². The Kier molecular flexibility index (Phi) is 6.59. The molecule has 182 valence electrons. The summed E-state index contributed by atoms with van der Waals surface area (Å²) in [6, 6.07) is 16.0. The van der Waals surface area contributed by atoms with Crippen molar-refractivity contribution in [2.24, 2.45) is 0 Å². The van der Waals surface area contributed by atoms with Gasteiger partial charge in [-0.25, -0.2) is 14.8 Å². The standard InChI is InChI=1S/C26H25N7O3/c1-2-23(34)29-18-7-9-20(10-8-18)31-26(35)30-19-5-3-17(4-6-19)22-15-21-24(32-22)27-16-28-25(21)33-11-13-36-14-12-33/h2-10,15-16H,1,11-14H2,(H,29,34)(H,27,28,32)(H2,30,31,35). The lowest BCUT2D eigenvalue weighted by molar-refractivity contribution is -0.111. The number of carbonyl (C=O) groups excluding carboxylic acids is 2. The van der Waals surface area contributed by atoms with Crippen LogP contribution in [0.25, 0.3) is 22.3 Å². The Morgan fingerprint density at radius 1 is 0.917 bits per heavy atom. The van der Waals surface area contributed by atoms with Crippen LogP contribution >= 0.6 is 0 Å². The molecule has 0 spiro atoms. The van der Waals surface area contributed by atoms with Crippen LogP contribution in [-0.2, 0) is 9.53 Å². The number of aromatic nitrogens is 3. The summed E-state index contributed by atoms with van der Waals surface area (Å²) in [5.41, 5.74) is 4.51.